The second-order valence-corrected chi connectivity index (χ2v) is 6.75. The van der Waals surface area contributed by atoms with Crippen LogP contribution in [-0.4, -0.2) is 0 Å². The van der Waals surface area contributed by atoms with Crippen LogP contribution >= 0.6 is 11.8 Å². The number of nitrogens with zero attached hydrogens (tertiary/aromatic N) is 2. The molecule has 3 aromatic rings. The van der Waals surface area contributed by atoms with Gasteiger partial charge in [-0.1, -0.05) is 103 Å². The van der Waals surface area contributed by atoms with Crippen molar-refractivity contribution in [3.63, 3.8) is 0 Å². The molecule has 3 aromatic carbocycles. The lowest BCUT2D eigenvalue weighted by molar-refractivity contribution is 0.745. The van der Waals surface area contributed by atoms with Gasteiger partial charge in [0.2, 0.25) is 0 Å². The highest BCUT2D eigenvalue weighted by Crippen LogP contribution is 2.56. The number of hydrogen-bond acceptors (Lipinski definition) is 3. The van der Waals surface area contributed by atoms with E-state index in [2.05, 4.69) is 77.9 Å². The smallest absolute Gasteiger partial charge is 0.173 e. The van der Waals surface area contributed by atoms with E-state index in [9.17, 15) is 0 Å². The Hall–Kier alpha value is -2.39. The van der Waals surface area contributed by atoms with Gasteiger partial charge in [-0.15, -0.1) is 0 Å². The van der Waals surface area contributed by atoms with Gasteiger partial charge in [0.15, 0.2) is 4.87 Å². The number of thioether (sulfide) groups is 1. The first-order valence-corrected chi connectivity index (χ1v) is 8.52. The van der Waals surface area contributed by atoms with Gasteiger partial charge in [-0.25, -0.2) is 0 Å². The van der Waals surface area contributed by atoms with Gasteiger partial charge in [-0.05, 0) is 16.7 Å². The summed E-state index contributed by atoms with van der Waals surface area (Å²) in [6.45, 7) is 0. The van der Waals surface area contributed by atoms with Crippen LogP contribution in [0.4, 0.5) is 0 Å². The van der Waals surface area contributed by atoms with Crippen LogP contribution < -0.4 is 0 Å². The molecule has 4 rings (SSSR count). The number of hydrogen-bond donors (Lipinski definition) is 0. The van der Waals surface area contributed by atoms with Gasteiger partial charge in [-0.3, -0.25) is 0 Å². The molecule has 0 radical (unpaired) electrons. The summed E-state index contributed by atoms with van der Waals surface area (Å²) in [6, 6.07) is 31.2. The Morgan fingerprint density at radius 2 is 1.13 bits per heavy atom. The average Bonchev–Trinajstić information content (AvgIpc) is 3.11. The average molecular weight is 316 g/mol. The summed E-state index contributed by atoms with van der Waals surface area (Å²) in [5.41, 5.74) is 3.52. The molecule has 0 spiro atoms. The van der Waals surface area contributed by atoms with E-state index in [0.717, 1.165) is 0 Å². The Bertz CT molecular complexity index is 761. The van der Waals surface area contributed by atoms with Crippen molar-refractivity contribution in [3.05, 3.63) is 108 Å². The van der Waals surface area contributed by atoms with Gasteiger partial charge < -0.3 is 0 Å². The molecule has 1 atom stereocenters. The Morgan fingerprint density at radius 3 is 1.65 bits per heavy atom. The molecule has 0 saturated heterocycles. The minimum Gasteiger partial charge on any atom is -0.173 e. The topological polar surface area (TPSA) is 24.7 Å². The zero-order valence-corrected chi connectivity index (χ0v) is 13.4. The van der Waals surface area contributed by atoms with Crippen molar-refractivity contribution < 1.29 is 0 Å². The minimum absolute atomic E-state index is 0.0246. The molecule has 0 N–H and O–H groups in total. The highest BCUT2D eigenvalue weighted by atomic mass is 32.2. The summed E-state index contributed by atoms with van der Waals surface area (Å²) in [5, 5.41) is 9.38. The van der Waals surface area contributed by atoms with Gasteiger partial charge in [0.05, 0.1) is 0 Å². The summed E-state index contributed by atoms with van der Waals surface area (Å²) in [7, 11) is 0. The van der Waals surface area contributed by atoms with Gasteiger partial charge in [0.25, 0.3) is 0 Å². The largest absolute Gasteiger partial charge is 0.179 e. The highest BCUT2D eigenvalue weighted by molar-refractivity contribution is 8.00. The van der Waals surface area contributed by atoms with Crippen molar-refractivity contribution in [2.24, 2.45) is 10.2 Å². The fraction of sp³-hybridized carbons (Fsp3) is 0.100. The molecule has 3 heteroatoms. The van der Waals surface area contributed by atoms with E-state index in [0.29, 0.717) is 0 Å². The van der Waals surface area contributed by atoms with E-state index in [1.54, 1.807) is 11.8 Å². The normalized spacial score (nSPS) is 18.9. The Balaban J connectivity index is 1.79. The van der Waals surface area contributed by atoms with E-state index in [1.165, 1.54) is 16.7 Å². The lowest BCUT2D eigenvalue weighted by Gasteiger charge is -2.26. The molecular formula is C20H16N2S. The first-order chi connectivity index (χ1) is 11.4. The third-order valence-electron chi connectivity index (χ3n) is 4.00. The van der Waals surface area contributed by atoms with Crippen LogP contribution in [0.15, 0.2) is 101 Å². The molecule has 0 aromatic heterocycles. The van der Waals surface area contributed by atoms with E-state index in [4.69, 9.17) is 5.11 Å². The van der Waals surface area contributed by atoms with E-state index in [-0.39, 0.29) is 5.37 Å². The maximum atomic E-state index is 4.75. The summed E-state index contributed by atoms with van der Waals surface area (Å²) in [6.07, 6.45) is 0. The standard InChI is InChI=1S/C20H16N2S/c1-4-10-16(11-5-1)19-21-22-20(23-19,17-12-6-2-7-13-17)18-14-8-3-9-15-18/h1-15,19H. The molecular weight excluding hydrogens is 300 g/mol. The molecule has 112 valence electrons. The predicted octanol–water partition coefficient (Wildman–Crippen LogP) is 5.79. The molecule has 0 saturated carbocycles. The zero-order valence-electron chi connectivity index (χ0n) is 12.5. The fourth-order valence-corrected chi connectivity index (χ4v) is 4.19. The lowest BCUT2D eigenvalue weighted by Crippen LogP contribution is -2.18. The molecule has 1 heterocycles. The van der Waals surface area contributed by atoms with Crippen LogP contribution in [0.3, 0.4) is 0 Å². The number of azo groups is 1. The molecule has 0 amide bonds. The monoisotopic (exact) mass is 316 g/mol. The Labute approximate surface area is 140 Å². The molecule has 0 aliphatic carbocycles. The van der Waals surface area contributed by atoms with Gasteiger partial charge in [0, 0.05) is 0 Å². The first-order valence-electron chi connectivity index (χ1n) is 7.64. The van der Waals surface area contributed by atoms with Gasteiger partial charge in [-0.2, -0.15) is 10.2 Å². The zero-order chi connectivity index (χ0) is 15.5. The molecule has 23 heavy (non-hydrogen) atoms. The lowest BCUT2D eigenvalue weighted by atomic mass is 9.99. The summed E-state index contributed by atoms with van der Waals surface area (Å²) in [5.74, 6) is 0. The van der Waals surface area contributed by atoms with Crippen molar-refractivity contribution in [1.29, 1.82) is 0 Å². The maximum absolute atomic E-state index is 4.75. The van der Waals surface area contributed by atoms with Gasteiger partial charge >= 0.3 is 0 Å². The molecule has 2 nitrogen and oxygen atoms in total. The Morgan fingerprint density at radius 1 is 0.652 bits per heavy atom. The Kier molecular flexibility index (Phi) is 3.72. The van der Waals surface area contributed by atoms with Crippen molar-refractivity contribution in [1.82, 2.24) is 0 Å². The quantitative estimate of drug-likeness (QED) is 0.600. The van der Waals surface area contributed by atoms with Crippen molar-refractivity contribution >= 4 is 11.8 Å². The van der Waals surface area contributed by atoms with Crippen molar-refractivity contribution in [3.8, 4) is 0 Å². The van der Waals surface area contributed by atoms with Crippen molar-refractivity contribution in [2.45, 2.75) is 10.2 Å². The molecule has 1 unspecified atom stereocenters. The summed E-state index contributed by atoms with van der Waals surface area (Å²) >= 11 is 1.78. The third kappa shape index (κ3) is 2.57. The first kappa shape index (κ1) is 14.2. The van der Waals surface area contributed by atoms with Crippen LogP contribution in [0.2, 0.25) is 0 Å². The molecule has 0 fully saturated rings. The van der Waals surface area contributed by atoms with E-state index in [1.807, 2.05) is 18.2 Å². The number of rotatable bonds is 3. The minimum atomic E-state index is -0.469. The van der Waals surface area contributed by atoms with Crippen LogP contribution in [0.5, 0.6) is 0 Å². The number of benzene rings is 3. The SMILES string of the molecule is c1ccc(C2N=NC(c3ccccc3)(c3ccccc3)S2)cc1. The molecule has 1 aliphatic heterocycles. The van der Waals surface area contributed by atoms with E-state index >= 15 is 0 Å². The predicted molar refractivity (Wildman–Crippen MR) is 95.3 cm³/mol. The highest BCUT2D eigenvalue weighted by Gasteiger charge is 2.42. The van der Waals surface area contributed by atoms with Crippen LogP contribution in [0, 0.1) is 0 Å². The molecule has 1 aliphatic rings. The van der Waals surface area contributed by atoms with Crippen LogP contribution in [0.25, 0.3) is 0 Å². The second kappa shape index (κ2) is 6.01. The summed E-state index contributed by atoms with van der Waals surface area (Å²) in [4.78, 5) is -0.469. The fourth-order valence-electron chi connectivity index (χ4n) is 2.84. The third-order valence-corrected chi connectivity index (χ3v) is 5.48. The molecule has 0 bridgehead atoms. The van der Waals surface area contributed by atoms with Crippen LogP contribution in [-0.2, 0) is 4.87 Å². The second-order valence-electron chi connectivity index (χ2n) is 5.47. The van der Waals surface area contributed by atoms with Crippen molar-refractivity contribution in [2.75, 3.05) is 0 Å². The van der Waals surface area contributed by atoms with Crippen LogP contribution in [0.1, 0.15) is 22.1 Å². The summed E-state index contributed by atoms with van der Waals surface area (Å²) < 4.78 is 0. The van der Waals surface area contributed by atoms with Gasteiger partial charge in [0.1, 0.15) is 5.37 Å². The maximum Gasteiger partial charge on any atom is 0.179 e. The van der Waals surface area contributed by atoms with E-state index < -0.39 is 4.87 Å².